The molecular formula is C15H27BrN2O. The molecule has 0 aliphatic rings. The van der Waals surface area contributed by atoms with E-state index in [-0.39, 0.29) is 0 Å². The fourth-order valence-electron chi connectivity index (χ4n) is 2.20. The molecule has 0 saturated heterocycles. The predicted octanol–water partition coefficient (Wildman–Crippen LogP) is 4.48. The van der Waals surface area contributed by atoms with Gasteiger partial charge in [0, 0.05) is 13.7 Å². The van der Waals surface area contributed by atoms with Crippen LogP contribution in [0.1, 0.15) is 57.8 Å². The Bertz CT molecular complexity index is 376. The molecule has 0 aliphatic heterocycles. The molecule has 19 heavy (non-hydrogen) atoms. The van der Waals surface area contributed by atoms with E-state index in [1.165, 1.54) is 25.7 Å². The number of rotatable bonds is 9. The Morgan fingerprint density at radius 3 is 2.58 bits per heavy atom. The second-order valence-electron chi connectivity index (χ2n) is 5.12. The number of hydrogen-bond acceptors (Lipinski definition) is 2. The first kappa shape index (κ1) is 16.7. The van der Waals surface area contributed by atoms with E-state index >= 15 is 0 Å². The van der Waals surface area contributed by atoms with E-state index in [2.05, 4.69) is 41.8 Å². The molecule has 1 aromatic heterocycles. The minimum absolute atomic E-state index is 0.646. The summed E-state index contributed by atoms with van der Waals surface area (Å²) in [6.45, 7) is 8.11. The molecule has 0 saturated carbocycles. The molecule has 110 valence electrons. The summed E-state index contributed by atoms with van der Waals surface area (Å²) >= 11 is 3.63. The van der Waals surface area contributed by atoms with Crippen LogP contribution in [0.2, 0.25) is 0 Å². The SMILES string of the molecule is CCCCC(CC)COCc1c(Br)c(CC)nn1C. The lowest BCUT2D eigenvalue weighted by atomic mass is 10.0. The van der Waals surface area contributed by atoms with Gasteiger partial charge in [0.2, 0.25) is 0 Å². The monoisotopic (exact) mass is 330 g/mol. The van der Waals surface area contributed by atoms with Crippen LogP contribution in [0.3, 0.4) is 0 Å². The van der Waals surface area contributed by atoms with E-state index in [4.69, 9.17) is 4.74 Å². The molecule has 0 fully saturated rings. The molecule has 0 aliphatic carbocycles. The Labute approximate surface area is 125 Å². The molecule has 0 bridgehead atoms. The molecule has 0 spiro atoms. The number of ether oxygens (including phenoxy) is 1. The minimum Gasteiger partial charge on any atom is -0.375 e. The van der Waals surface area contributed by atoms with Crippen LogP contribution in [0.5, 0.6) is 0 Å². The highest BCUT2D eigenvalue weighted by molar-refractivity contribution is 9.10. The maximum Gasteiger partial charge on any atom is 0.0896 e. The van der Waals surface area contributed by atoms with Gasteiger partial charge in [-0.25, -0.2) is 0 Å². The number of unbranched alkanes of at least 4 members (excludes halogenated alkanes) is 1. The molecule has 1 rings (SSSR count). The topological polar surface area (TPSA) is 27.1 Å². The number of aromatic nitrogens is 2. The first-order chi connectivity index (χ1) is 9.13. The van der Waals surface area contributed by atoms with Crippen LogP contribution in [-0.4, -0.2) is 16.4 Å². The zero-order chi connectivity index (χ0) is 14.3. The van der Waals surface area contributed by atoms with E-state index < -0.39 is 0 Å². The van der Waals surface area contributed by atoms with Crippen molar-refractivity contribution < 1.29 is 4.74 Å². The summed E-state index contributed by atoms with van der Waals surface area (Å²) in [6, 6.07) is 0. The lowest BCUT2D eigenvalue weighted by Gasteiger charge is -2.14. The van der Waals surface area contributed by atoms with Crippen LogP contribution >= 0.6 is 15.9 Å². The van der Waals surface area contributed by atoms with Gasteiger partial charge in [0.05, 0.1) is 22.5 Å². The van der Waals surface area contributed by atoms with Crippen LogP contribution in [0.15, 0.2) is 4.47 Å². The third kappa shape index (κ3) is 4.92. The first-order valence-corrected chi connectivity index (χ1v) is 8.21. The van der Waals surface area contributed by atoms with Crippen molar-refractivity contribution >= 4 is 15.9 Å². The van der Waals surface area contributed by atoms with Crippen molar-refractivity contribution in [1.82, 2.24) is 9.78 Å². The molecule has 0 amide bonds. The number of hydrogen-bond donors (Lipinski definition) is 0. The van der Waals surface area contributed by atoms with Crippen molar-refractivity contribution in [3.05, 3.63) is 15.9 Å². The number of nitrogens with zero attached hydrogens (tertiary/aromatic N) is 2. The summed E-state index contributed by atoms with van der Waals surface area (Å²) in [5, 5.41) is 4.49. The van der Waals surface area contributed by atoms with Gasteiger partial charge in [-0.2, -0.15) is 5.10 Å². The van der Waals surface area contributed by atoms with E-state index in [1.807, 2.05) is 11.7 Å². The van der Waals surface area contributed by atoms with Crippen LogP contribution in [0.25, 0.3) is 0 Å². The Morgan fingerprint density at radius 1 is 1.32 bits per heavy atom. The largest absolute Gasteiger partial charge is 0.375 e. The molecule has 0 radical (unpaired) electrons. The zero-order valence-electron chi connectivity index (χ0n) is 12.7. The summed E-state index contributed by atoms with van der Waals surface area (Å²) in [7, 11) is 1.98. The number of aryl methyl sites for hydroxylation is 2. The molecule has 0 N–H and O–H groups in total. The average molecular weight is 331 g/mol. The fourth-order valence-corrected chi connectivity index (χ4v) is 2.93. The van der Waals surface area contributed by atoms with Crippen molar-refractivity contribution in [2.75, 3.05) is 6.61 Å². The van der Waals surface area contributed by atoms with Crippen LogP contribution in [0.4, 0.5) is 0 Å². The summed E-state index contributed by atoms with van der Waals surface area (Å²) < 4.78 is 8.94. The van der Waals surface area contributed by atoms with Crippen LogP contribution < -0.4 is 0 Å². The van der Waals surface area contributed by atoms with Crippen molar-refractivity contribution in [1.29, 1.82) is 0 Å². The Hall–Kier alpha value is -0.350. The van der Waals surface area contributed by atoms with E-state index in [0.29, 0.717) is 12.5 Å². The van der Waals surface area contributed by atoms with Gasteiger partial charge >= 0.3 is 0 Å². The third-order valence-corrected chi connectivity index (χ3v) is 4.55. The van der Waals surface area contributed by atoms with E-state index in [0.717, 1.165) is 28.9 Å². The summed E-state index contributed by atoms with van der Waals surface area (Å²) in [4.78, 5) is 0. The standard InChI is InChI=1S/C15H27BrN2O/c1-5-8-9-12(6-2)10-19-11-14-15(16)13(7-3)17-18(14)4/h12H,5-11H2,1-4H3. The number of halogens is 1. The quantitative estimate of drug-likeness (QED) is 0.667. The second-order valence-corrected chi connectivity index (χ2v) is 5.91. The maximum absolute atomic E-state index is 5.90. The van der Waals surface area contributed by atoms with Gasteiger partial charge in [0.25, 0.3) is 0 Å². The summed E-state index contributed by atoms with van der Waals surface area (Å²) in [6.07, 6.45) is 6.00. The fraction of sp³-hybridized carbons (Fsp3) is 0.800. The molecular weight excluding hydrogens is 304 g/mol. The van der Waals surface area contributed by atoms with Gasteiger partial charge < -0.3 is 4.74 Å². The average Bonchev–Trinajstić information content (AvgIpc) is 2.69. The molecule has 1 aromatic rings. The summed E-state index contributed by atoms with van der Waals surface area (Å²) in [5.74, 6) is 0.692. The Kier molecular flexibility index (Phi) is 7.69. The lowest BCUT2D eigenvalue weighted by molar-refractivity contribution is 0.0777. The maximum atomic E-state index is 5.90. The van der Waals surface area contributed by atoms with Gasteiger partial charge in [0.15, 0.2) is 0 Å². The third-order valence-electron chi connectivity index (χ3n) is 3.64. The molecule has 4 heteroatoms. The van der Waals surface area contributed by atoms with Crippen LogP contribution in [-0.2, 0) is 24.8 Å². The smallest absolute Gasteiger partial charge is 0.0896 e. The molecule has 1 unspecified atom stereocenters. The highest BCUT2D eigenvalue weighted by Crippen LogP contribution is 2.23. The zero-order valence-corrected chi connectivity index (χ0v) is 14.3. The van der Waals surface area contributed by atoms with Crippen molar-refractivity contribution in [3.63, 3.8) is 0 Å². The lowest BCUT2D eigenvalue weighted by Crippen LogP contribution is -2.10. The van der Waals surface area contributed by atoms with Crippen molar-refractivity contribution in [2.45, 2.75) is 59.5 Å². The first-order valence-electron chi connectivity index (χ1n) is 7.41. The highest BCUT2D eigenvalue weighted by atomic mass is 79.9. The summed E-state index contributed by atoms with van der Waals surface area (Å²) in [5.41, 5.74) is 2.25. The molecule has 3 nitrogen and oxygen atoms in total. The molecule has 0 aromatic carbocycles. The molecule has 1 heterocycles. The van der Waals surface area contributed by atoms with Gasteiger partial charge in [-0.1, -0.05) is 40.0 Å². The second kappa shape index (κ2) is 8.75. The van der Waals surface area contributed by atoms with E-state index in [9.17, 15) is 0 Å². The van der Waals surface area contributed by atoms with Gasteiger partial charge in [-0.15, -0.1) is 0 Å². The van der Waals surface area contributed by atoms with Crippen molar-refractivity contribution in [3.8, 4) is 0 Å². The van der Waals surface area contributed by atoms with Gasteiger partial charge in [-0.3, -0.25) is 4.68 Å². The Balaban J connectivity index is 2.46. The van der Waals surface area contributed by atoms with Crippen LogP contribution in [0, 0.1) is 5.92 Å². The van der Waals surface area contributed by atoms with Gasteiger partial charge in [0.1, 0.15) is 0 Å². The molecule has 1 atom stereocenters. The highest BCUT2D eigenvalue weighted by Gasteiger charge is 2.13. The van der Waals surface area contributed by atoms with Crippen molar-refractivity contribution in [2.24, 2.45) is 13.0 Å². The Morgan fingerprint density at radius 2 is 2.05 bits per heavy atom. The van der Waals surface area contributed by atoms with E-state index in [1.54, 1.807) is 0 Å². The minimum atomic E-state index is 0.646. The predicted molar refractivity (Wildman–Crippen MR) is 83.2 cm³/mol. The van der Waals surface area contributed by atoms with Gasteiger partial charge in [-0.05, 0) is 34.7 Å². The normalized spacial score (nSPS) is 12.9.